The average Bonchev–Trinajstić information content (AvgIpc) is 1.96. The number of aromatic amines is 1. The molecule has 8 heteroatoms. The fraction of sp³-hybridized carbons (Fsp3) is 0.167. The number of H-pyrrole nitrogens is 1. The molecule has 3 nitrogen and oxygen atoms in total. The Bertz CT molecular complexity index is 403. The predicted octanol–water partition coefficient (Wildman–Crippen LogP) is 2.69. The van der Waals surface area contributed by atoms with Crippen molar-refractivity contribution in [3.63, 3.8) is 0 Å². The molecule has 0 saturated carbocycles. The van der Waals surface area contributed by atoms with Gasteiger partial charge in [0.05, 0.1) is 0 Å². The summed E-state index contributed by atoms with van der Waals surface area (Å²) in [5, 5.41) is -0.238. The van der Waals surface area contributed by atoms with Crippen molar-refractivity contribution in [2.75, 3.05) is 0 Å². The Hall–Kier alpha value is -0.690. The minimum atomic E-state index is -4.88. The highest BCUT2D eigenvalue weighted by Gasteiger charge is 2.32. The fourth-order valence-corrected chi connectivity index (χ4v) is 1.16. The highest BCUT2D eigenvalue weighted by Crippen LogP contribution is 2.26. The summed E-state index contributed by atoms with van der Waals surface area (Å²) >= 11 is 7.97. The first-order valence-corrected chi connectivity index (χ1v) is 4.31. The van der Waals surface area contributed by atoms with Crippen molar-refractivity contribution in [2.45, 2.75) is 6.36 Å². The van der Waals surface area contributed by atoms with Gasteiger partial charge in [0.25, 0.3) is 0 Å². The van der Waals surface area contributed by atoms with Crippen molar-refractivity contribution in [3.05, 3.63) is 25.9 Å². The summed E-state index contributed by atoms with van der Waals surface area (Å²) in [6.07, 6.45) is -4.88. The van der Waals surface area contributed by atoms with Crippen LogP contribution in [0.3, 0.4) is 0 Å². The molecule has 14 heavy (non-hydrogen) atoms. The molecule has 0 saturated heterocycles. The molecule has 1 aromatic rings. The van der Waals surface area contributed by atoms with Gasteiger partial charge in [-0.25, -0.2) is 0 Å². The van der Waals surface area contributed by atoms with E-state index in [4.69, 9.17) is 11.6 Å². The number of halogens is 5. The van der Waals surface area contributed by atoms with Gasteiger partial charge in [-0.05, 0) is 15.9 Å². The topological polar surface area (TPSA) is 42.1 Å². The van der Waals surface area contributed by atoms with Gasteiger partial charge in [-0.2, -0.15) is 0 Å². The van der Waals surface area contributed by atoms with Crippen molar-refractivity contribution in [1.29, 1.82) is 0 Å². The molecule has 0 aliphatic heterocycles. The van der Waals surface area contributed by atoms with Crippen LogP contribution >= 0.6 is 27.5 Å². The van der Waals surface area contributed by atoms with Crippen LogP contribution < -0.4 is 10.2 Å². The van der Waals surface area contributed by atoms with E-state index in [1.54, 1.807) is 0 Å². The van der Waals surface area contributed by atoms with E-state index < -0.39 is 17.7 Å². The fourth-order valence-electron chi connectivity index (χ4n) is 0.676. The lowest BCUT2D eigenvalue weighted by Crippen LogP contribution is -2.20. The summed E-state index contributed by atoms with van der Waals surface area (Å²) in [6, 6.07) is 0.925. The number of hydrogen-bond donors (Lipinski definition) is 1. The second-order valence-corrected chi connectivity index (χ2v) is 3.37. The van der Waals surface area contributed by atoms with Gasteiger partial charge in [0.2, 0.25) is 11.3 Å². The quantitative estimate of drug-likeness (QED) is 0.809. The van der Waals surface area contributed by atoms with Gasteiger partial charge in [0, 0.05) is 6.07 Å². The van der Waals surface area contributed by atoms with Crippen LogP contribution in [-0.4, -0.2) is 11.3 Å². The number of hydrogen-bond acceptors (Lipinski definition) is 2. The summed E-state index contributed by atoms with van der Waals surface area (Å²) in [5.41, 5.74) is -0.701. The molecule has 1 rings (SSSR count). The van der Waals surface area contributed by atoms with E-state index in [2.05, 4.69) is 20.7 Å². The summed E-state index contributed by atoms with van der Waals surface area (Å²) < 4.78 is 38.5. The maximum absolute atomic E-state index is 11.8. The Morgan fingerprint density at radius 3 is 2.57 bits per heavy atom. The molecule has 0 unspecified atom stereocenters. The normalized spacial score (nSPS) is 11.5. The molecule has 1 heterocycles. The monoisotopic (exact) mass is 291 g/mol. The van der Waals surface area contributed by atoms with Crippen molar-refractivity contribution in [2.24, 2.45) is 0 Å². The molecule has 1 aromatic heterocycles. The molecule has 0 amide bonds. The maximum Gasteiger partial charge on any atom is 0.574 e. The van der Waals surface area contributed by atoms with Crippen LogP contribution in [0.1, 0.15) is 0 Å². The Kier molecular flexibility index (Phi) is 3.10. The van der Waals surface area contributed by atoms with Crippen LogP contribution in [0.5, 0.6) is 5.88 Å². The zero-order valence-corrected chi connectivity index (χ0v) is 8.63. The molecule has 78 valence electrons. The van der Waals surface area contributed by atoms with E-state index in [1.165, 1.54) is 0 Å². The van der Waals surface area contributed by atoms with Crippen LogP contribution in [0.15, 0.2) is 15.3 Å². The number of alkyl halides is 3. The Morgan fingerprint density at radius 1 is 1.50 bits per heavy atom. The van der Waals surface area contributed by atoms with Crippen LogP contribution in [-0.2, 0) is 0 Å². The van der Waals surface area contributed by atoms with Crippen LogP contribution in [0.2, 0.25) is 5.15 Å². The van der Waals surface area contributed by atoms with E-state index in [9.17, 15) is 18.0 Å². The zero-order chi connectivity index (χ0) is 10.9. The van der Waals surface area contributed by atoms with Gasteiger partial charge in [-0.1, -0.05) is 11.6 Å². The number of aromatic nitrogens is 1. The highest BCUT2D eigenvalue weighted by molar-refractivity contribution is 9.10. The lowest BCUT2D eigenvalue weighted by Gasteiger charge is -2.09. The van der Waals surface area contributed by atoms with Crippen molar-refractivity contribution in [3.8, 4) is 5.88 Å². The average molecular weight is 292 g/mol. The molecule has 0 radical (unpaired) electrons. The molecule has 0 atom stereocenters. The standard InChI is InChI=1S/C6H2BrClF3NO2/c7-4-2(13)1-3(8)12-5(4)14-6(9,10)11/h1H,(H,12,13). The minimum absolute atomic E-state index is 0.238. The van der Waals surface area contributed by atoms with Gasteiger partial charge >= 0.3 is 6.36 Å². The van der Waals surface area contributed by atoms with Crippen LogP contribution in [0.25, 0.3) is 0 Å². The molecule has 1 N–H and O–H groups in total. The number of nitrogens with one attached hydrogen (secondary N) is 1. The third-order valence-corrected chi connectivity index (χ3v) is 2.08. The van der Waals surface area contributed by atoms with Crippen molar-refractivity contribution < 1.29 is 17.9 Å². The first-order chi connectivity index (χ1) is 6.29. The largest absolute Gasteiger partial charge is 0.574 e. The molecule has 0 spiro atoms. The molecule has 0 aliphatic rings. The summed E-state index contributed by atoms with van der Waals surface area (Å²) in [4.78, 5) is 13.0. The van der Waals surface area contributed by atoms with Gasteiger partial charge in [0.1, 0.15) is 9.63 Å². The molecule has 0 fully saturated rings. The number of pyridine rings is 1. The second kappa shape index (κ2) is 3.82. The summed E-state index contributed by atoms with van der Waals surface area (Å²) in [6.45, 7) is 0. The third kappa shape index (κ3) is 2.91. The Labute approximate surface area is 89.0 Å². The van der Waals surface area contributed by atoms with Crippen molar-refractivity contribution in [1.82, 2.24) is 4.98 Å². The first-order valence-electron chi connectivity index (χ1n) is 3.13. The maximum atomic E-state index is 11.8. The third-order valence-electron chi connectivity index (χ3n) is 1.12. The van der Waals surface area contributed by atoms with Crippen molar-refractivity contribution >= 4 is 27.5 Å². The Morgan fingerprint density at radius 2 is 2.07 bits per heavy atom. The molecule has 0 aliphatic carbocycles. The van der Waals surface area contributed by atoms with E-state index in [0.29, 0.717) is 0 Å². The van der Waals surface area contributed by atoms with E-state index >= 15 is 0 Å². The van der Waals surface area contributed by atoms with Gasteiger partial charge in [-0.15, -0.1) is 13.2 Å². The lowest BCUT2D eigenvalue weighted by atomic mass is 10.5. The van der Waals surface area contributed by atoms with E-state index in [0.717, 1.165) is 6.07 Å². The number of rotatable bonds is 1. The summed E-state index contributed by atoms with van der Waals surface area (Å²) in [7, 11) is 0. The SMILES string of the molecule is O=c1cc(Cl)[nH]c(OC(F)(F)F)c1Br. The first kappa shape index (κ1) is 11.4. The molecule has 0 bridgehead atoms. The summed E-state index contributed by atoms with van der Waals surface area (Å²) in [5.74, 6) is -0.769. The van der Waals surface area contributed by atoms with Gasteiger partial charge in [0.15, 0.2) is 0 Å². The van der Waals surface area contributed by atoms with E-state index in [1.807, 2.05) is 4.98 Å². The van der Waals surface area contributed by atoms with Gasteiger partial charge in [-0.3, -0.25) is 4.79 Å². The molecular formula is C6H2BrClF3NO2. The predicted molar refractivity (Wildman–Crippen MR) is 46.5 cm³/mol. The lowest BCUT2D eigenvalue weighted by molar-refractivity contribution is -0.276. The van der Waals surface area contributed by atoms with E-state index in [-0.39, 0.29) is 9.63 Å². The Balaban J connectivity index is 3.15. The van der Waals surface area contributed by atoms with Gasteiger partial charge < -0.3 is 9.72 Å². The zero-order valence-electron chi connectivity index (χ0n) is 6.28. The smallest absolute Gasteiger partial charge is 0.389 e. The van der Waals surface area contributed by atoms with Crippen LogP contribution in [0.4, 0.5) is 13.2 Å². The van der Waals surface area contributed by atoms with Crippen LogP contribution in [0, 0.1) is 0 Å². The highest BCUT2D eigenvalue weighted by atomic mass is 79.9. The minimum Gasteiger partial charge on any atom is -0.389 e. The molecule has 0 aromatic carbocycles. The molecular weight excluding hydrogens is 290 g/mol. The second-order valence-electron chi connectivity index (χ2n) is 2.17. The number of ether oxygens (including phenoxy) is 1.